The van der Waals surface area contributed by atoms with Gasteiger partial charge in [0, 0.05) is 26.7 Å². The van der Waals surface area contributed by atoms with E-state index in [0.29, 0.717) is 5.56 Å². The molecule has 3 aromatic rings. The van der Waals surface area contributed by atoms with E-state index in [2.05, 4.69) is 15.0 Å². The van der Waals surface area contributed by atoms with E-state index in [0.717, 1.165) is 21.8 Å². The van der Waals surface area contributed by atoms with E-state index >= 15 is 0 Å². The Kier molecular flexibility index (Phi) is 3.50. The molecule has 0 spiro atoms. The molecule has 0 saturated carbocycles. The van der Waals surface area contributed by atoms with Gasteiger partial charge < -0.3 is 15.2 Å². The molecule has 6 nitrogen and oxygen atoms in total. The number of H-pyrrole nitrogens is 1. The van der Waals surface area contributed by atoms with Crippen molar-refractivity contribution >= 4 is 21.8 Å². The van der Waals surface area contributed by atoms with E-state index in [-0.39, 0.29) is 6.54 Å². The van der Waals surface area contributed by atoms with Gasteiger partial charge >= 0.3 is 0 Å². The minimum absolute atomic E-state index is 0.164. The Balaban J connectivity index is 2.00. The van der Waals surface area contributed by atoms with Gasteiger partial charge in [0.05, 0.1) is 12.6 Å². The summed E-state index contributed by atoms with van der Waals surface area (Å²) in [5, 5.41) is 25.3. The number of nitrogens with one attached hydrogen (secondary N) is 1. The van der Waals surface area contributed by atoms with Crippen LogP contribution in [0.3, 0.4) is 0 Å². The Morgan fingerprint density at radius 1 is 1.10 bits per heavy atom. The number of fused-ring (bicyclic) bond motifs is 3. The first-order valence-electron chi connectivity index (χ1n) is 6.58. The number of aliphatic hydroxyl groups excluding tert-OH is 2. The summed E-state index contributed by atoms with van der Waals surface area (Å²) in [6.07, 6.45) is -2.21. The smallest absolute Gasteiger partial charge is 0.105 e. The number of azide groups is 1. The van der Waals surface area contributed by atoms with Crippen molar-refractivity contribution in [2.75, 3.05) is 6.54 Å². The lowest BCUT2D eigenvalue weighted by Crippen LogP contribution is -2.21. The van der Waals surface area contributed by atoms with Crippen LogP contribution in [0.15, 0.2) is 47.6 Å². The van der Waals surface area contributed by atoms with Crippen LogP contribution in [0, 0.1) is 0 Å². The largest absolute Gasteiger partial charge is 0.390 e. The molecule has 0 saturated heterocycles. The summed E-state index contributed by atoms with van der Waals surface area (Å²) >= 11 is 0. The minimum atomic E-state index is -1.12. The van der Waals surface area contributed by atoms with Crippen molar-refractivity contribution in [3.8, 4) is 0 Å². The molecule has 0 bridgehead atoms. The Labute approximate surface area is 120 Å². The summed E-state index contributed by atoms with van der Waals surface area (Å²) < 4.78 is 0. The summed E-state index contributed by atoms with van der Waals surface area (Å²) in [7, 11) is 0. The first kappa shape index (κ1) is 13.5. The van der Waals surface area contributed by atoms with Crippen LogP contribution in [0.25, 0.3) is 32.2 Å². The number of aromatic nitrogens is 1. The second-order valence-electron chi connectivity index (χ2n) is 4.90. The molecule has 3 N–H and O–H groups in total. The molecule has 106 valence electrons. The molecule has 0 fully saturated rings. The van der Waals surface area contributed by atoms with Gasteiger partial charge in [-0.1, -0.05) is 35.4 Å². The van der Waals surface area contributed by atoms with E-state index in [4.69, 9.17) is 5.53 Å². The molecule has 0 aliphatic heterocycles. The number of benzene rings is 2. The average Bonchev–Trinajstić information content (AvgIpc) is 2.89. The SMILES string of the molecule is [N-]=[N+]=NCC(O)C(O)c1ccc2c(c1)[nH]c1ccccc12. The number of rotatable bonds is 4. The van der Waals surface area contributed by atoms with Gasteiger partial charge in [-0.25, -0.2) is 0 Å². The lowest BCUT2D eigenvalue weighted by atomic mass is 10.0. The lowest BCUT2D eigenvalue weighted by Gasteiger charge is -2.16. The zero-order chi connectivity index (χ0) is 14.8. The van der Waals surface area contributed by atoms with Gasteiger partial charge in [-0.3, -0.25) is 0 Å². The maximum Gasteiger partial charge on any atom is 0.105 e. The molecule has 0 radical (unpaired) electrons. The standard InChI is InChI=1S/C15H14N4O2/c16-19-17-8-14(20)15(21)9-5-6-11-10-3-1-2-4-12(10)18-13(11)7-9/h1-7,14-15,18,20-21H,8H2. The Hall–Kier alpha value is -2.53. The van der Waals surface area contributed by atoms with Crippen molar-refractivity contribution in [2.45, 2.75) is 12.2 Å². The van der Waals surface area contributed by atoms with Crippen molar-refractivity contribution in [1.29, 1.82) is 0 Å². The van der Waals surface area contributed by atoms with Gasteiger partial charge in [0.25, 0.3) is 0 Å². The molecule has 3 rings (SSSR count). The first-order chi connectivity index (χ1) is 10.2. The number of para-hydroxylation sites is 1. The summed E-state index contributed by atoms with van der Waals surface area (Å²) in [5.74, 6) is 0. The van der Waals surface area contributed by atoms with E-state index in [1.54, 1.807) is 12.1 Å². The quantitative estimate of drug-likeness (QED) is 0.389. The molecule has 0 aliphatic rings. The van der Waals surface area contributed by atoms with E-state index in [1.807, 2.05) is 30.3 Å². The molecule has 1 aromatic heterocycles. The zero-order valence-electron chi connectivity index (χ0n) is 11.1. The fourth-order valence-electron chi connectivity index (χ4n) is 2.50. The number of hydrogen-bond donors (Lipinski definition) is 3. The highest BCUT2D eigenvalue weighted by Gasteiger charge is 2.18. The van der Waals surface area contributed by atoms with Gasteiger partial charge in [-0.15, -0.1) is 0 Å². The fourth-order valence-corrected chi connectivity index (χ4v) is 2.50. The van der Waals surface area contributed by atoms with Gasteiger partial charge in [0.15, 0.2) is 0 Å². The van der Waals surface area contributed by atoms with Crippen molar-refractivity contribution in [3.05, 3.63) is 58.5 Å². The van der Waals surface area contributed by atoms with Gasteiger partial charge in [0.1, 0.15) is 6.10 Å². The predicted molar refractivity (Wildman–Crippen MR) is 80.8 cm³/mol. The predicted octanol–water partition coefficient (Wildman–Crippen LogP) is 3.03. The number of nitrogens with zero attached hydrogens (tertiary/aromatic N) is 3. The summed E-state index contributed by atoms with van der Waals surface area (Å²) in [6, 6.07) is 13.4. The van der Waals surface area contributed by atoms with E-state index in [1.165, 1.54) is 0 Å². The van der Waals surface area contributed by atoms with Gasteiger partial charge in [0.2, 0.25) is 0 Å². The number of hydrogen-bond acceptors (Lipinski definition) is 3. The maximum absolute atomic E-state index is 10.1. The van der Waals surface area contributed by atoms with Crippen LogP contribution in [0.4, 0.5) is 0 Å². The topological polar surface area (TPSA) is 105 Å². The number of aliphatic hydroxyl groups is 2. The van der Waals surface area contributed by atoms with Crippen molar-refractivity contribution in [2.24, 2.45) is 5.11 Å². The summed E-state index contributed by atoms with van der Waals surface area (Å²) in [5.41, 5.74) is 10.7. The average molecular weight is 282 g/mol. The Morgan fingerprint density at radius 3 is 2.67 bits per heavy atom. The Bertz CT molecular complexity index is 836. The fraction of sp³-hybridized carbons (Fsp3) is 0.200. The molecule has 6 heteroatoms. The summed E-state index contributed by atoms with van der Waals surface area (Å²) in [4.78, 5) is 5.86. The molecule has 0 amide bonds. The molecular weight excluding hydrogens is 268 g/mol. The van der Waals surface area contributed by atoms with Crippen molar-refractivity contribution in [3.63, 3.8) is 0 Å². The van der Waals surface area contributed by atoms with Gasteiger partial charge in [-0.2, -0.15) is 0 Å². The third-order valence-electron chi connectivity index (χ3n) is 3.57. The van der Waals surface area contributed by atoms with Gasteiger partial charge in [-0.05, 0) is 23.2 Å². The summed E-state index contributed by atoms with van der Waals surface area (Å²) in [6.45, 7) is -0.164. The molecule has 21 heavy (non-hydrogen) atoms. The Morgan fingerprint density at radius 2 is 1.86 bits per heavy atom. The van der Waals surface area contributed by atoms with Crippen LogP contribution in [0.1, 0.15) is 11.7 Å². The van der Waals surface area contributed by atoms with Crippen LogP contribution < -0.4 is 0 Å². The van der Waals surface area contributed by atoms with Crippen LogP contribution in [-0.2, 0) is 0 Å². The molecule has 2 unspecified atom stereocenters. The molecule has 2 aromatic carbocycles. The highest BCUT2D eigenvalue weighted by atomic mass is 16.3. The van der Waals surface area contributed by atoms with Crippen LogP contribution in [0.5, 0.6) is 0 Å². The zero-order valence-corrected chi connectivity index (χ0v) is 11.1. The number of aromatic amines is 1. The van der Waals surface area contributed by atoms with E-state index < -0.39 is 12.2 Å². The highest BCUT2D eigenvalue weighted by Crippen LogP contribution is 2.28. The molecule has 0 aliphatic carbocycles. The van der Waals surface area contributed by atoms with Crippen LogP contribution >= 0.6 is 0 Å². The van der Waals surface area contributed by atoms with E-state index in [9.17, 15) is 10.2 Å². The maximum atomic E-state index is 10.1. The normalized spacial score (nSPS) is 14.0. The van der Waals surface area contributed by atoms with Crippen LogP contribution in [0.2, 0.25) is 0 Å². The molecule has 2 atom stereocenters. The third kappa shape index (κ3) is 2.43. The molecule has 1 heterocycles. The lowest BCUT2D eigenvalue weighted by molar-refractivity contribution is 0.0245. The van der Waals surface area contributed by atoms with Crippen molar-refractivity contribution in [1.82, 2.24) is 4.98 Å². The monoisotopic (exact) mass is 282 g/mol. The highest BCUT2D eigenvalue weighted by molar-refractivity contribution is 6.07. The third-order valence-corrected chi connectivity index (χ3v) is 3.57. The van der Waals surface area contributed by atoms with Crippen LogP contribution in [-0.4, -0.2) is 27.8 Å². The minimum Gasteiger partial charge on any atom is -0.390 e. The van der Waals surface area contributed by atoms with Crippen molar-refractivity contribution < 1.29 is 10.2 Å². The second-order valence-corrected chi connectivity index (χ2v) is 4.90. The molecular formula is C15H14N4O2. The second kappa shape index (κ2) is 5.46. The first-order valence-corrected chi connectivity index (χ1v) is 6.58.